The lowest BCUT2D eigenvalue weighted by Gasteiger charge is -2.10. The van der Waals surface area contributed by atoms with Crippen LogP contribution >= 0.6 is 11.6 Å². The average Bonchev–Trinajstić information content (AvgIpc) is 3.41. The zero-order chi connectivity index (χ0) is 20.4. The maximum atomic E-state index is 12.3. The number of carbonyl (C=O) groups is 1. The van der Waals surface area contributed by atoms with E-state index in [1.165, 1.54) is 6.20 Å². The molecule has 146 valence electrons. The van der Waals surface area contributed by atoms with Crippen LogP contribution < -0.4 is 10.6 Å². The van der Waals surface area contributed by atoms with Crippen molar-refractivity contribution in [2.75, 3.05) is 11.9 Å². The fourth-order valence-corrected chi connectivity index (χ4v) is 3.05. The van der Waals surface area contributed by atoms with Gasteiger partial charge in [0.1, 0.15) is 0 Å². The van der Waals surface area contributed by atoms with E-state index in [4.69, 9.17) is 16.9 Å². The van der Waals surface area contributed by atoms with Gasteiger partial charge in [-0.3, -0.25) is 9.48 Å². The molecule has 8 nitrogen and oxygen atoms in total. The summed E-state index contributed by atoms with van der Waals surface area (Å²) in [5.74, 6) is 0.191. The zero-order valence-corrected chi connectivity index (χ0v) is 16.4. The third-order valence-electron chi connectivity index (χ3n) is 4.80. The Morgan fingerprint density at radius 2 is 2.07 bits per heavy atom. The highest BCUT2D eigenvalue weighted by Gasteiger charge is 2.43. The van der Waals surface area contributed by atoms with Crippen molar-refractivity contribution in [2.45, 2.75) is 12.8 Å². The molecule has 1 aliphatic rings. The van der Waals surface area contributed by atoms with Gasteiger partial charge < -0.3 is 10.6 Å². The minimum atomic E-state index is -0.373. The van der Waals surface area contributed by atoms with Crippen LogP contribution in [0.4, 0.5) is 11.6 Å². The highest BCUT2D eigenvalue weighted by Crippen LogP contribution is 2.44. The molecule has 0 unspecified atom stereocenters. The Balaban J connectivity index is 1.48. The van der Waals surface area contributed by atoms with Crippen LogP contribution in [0, 0.1) is 16.7 Å². The number of carbonyl (C=O) groups excluding carboxylic acids is 1. The first-order chi connectivity index (χ1) is 14.0. The smallest absolute Gasteiger partial charge is 0.251 e. The van der Waals surface area contributed by atoms with Crippen LogP contribution in [-0.4, -0.2) is 32.2 Å². The predicted molar refractivity (Wildman–Crippen MR) is 109 cm³/mol. The van der Waals surface area contributed by atoms with Crippen molar-refractivity contribution < 1.29 is 4.79 Å². The number of hydrogen-bond acceptors (Lipinski definition) is 6. The lowest BCUT2D eigenvalue weighted by Crippen LogP contribution is -2.29. The maximum Gasteiger partial charge on any atom is 0.251 e. The molecule has 1 saturated carbocycles. The van der Waals surface area contributed by atoms with Gasteiger partial charge in [-0.2, -0.15) is 10.4 Å². The Hall–Kier alpha value is -3.44. The van der Waals surface area contributed by atoms with Crippen molar-refractivity contribution in [3.05, 3.63) is 53.4 Å². The first-order valence-electron chi connectivity index (χ1n) is 9.06. The first kappa shape index (κ1) is 18.9. The van der Waals surface area contributed by atoms with Crippen molar-refractivity contribution in [1.29, 1.82) is 5.26 Å². The SMILES string of the molecule is Cn1cc(Nc2ncc(Cl)c(-c3ccc(C(=O)NCC4(C#N)CC4)cc3)n2)cn1. The van der Waals surface area contributed by atoms with Gasteiger partial charge in [-0.25, -0.2) is 9.97 Å². The van der Waals surface area contributed by atoms with Gasteiger partial charge in [0.05, 0.1) is 40.3 Å². The molecule has 1 aliphatic carbocycles. The van der Waals surface area contributed by atoms with Crippen molar-refractivity contribution >= 4 is 29.1 Å². The Morgan fingerprint density at radius 1 is 1.31 bits per heavy atom. The summed E-state index contributed by atoms with van der Waals surface area (Å²) in [5, 5.41) is 19.5. The number of nitrogens with zero attached hydrogens (tertiary/aromatic N) is 5. The van der Waals surface area contributed by atoms with E-state index in [0.717, 1.165) is 24.1 Å². The minimum absolute atomic E-state index is 0.203. The number of aromatic nitrogens is 4. The summed E-state index contributed by atoms with van der Waals surface area (Å²) < 4.78 is 1.67. The van der Waals surface area contributed by atoms with E-state index < -0.39 is 0 Å². The van der Waals surface area contributed by atoms with Gasteiger partial charge >= 0.3 is 0 Å². The Kier molecular flexibility index (Phi) is 4.91. The molecule has 1 fully saturated rings. The molecule has 0 radical (unpaired) electrons. The number of benzene rings is 1. The van der Waals surface area contributed by atoms with Crippen LogP contribution in [0.5, 0.6) is 0 Å². The van der Waals surface area contributed by atoms with E-state index in [-0.39, 0.29) is 11.3 Å². The maximum absolute atomic E-state index is 12.3. The molecule has 2 heterocycles. The summed E-state index contributed by atoms with van der Waals surface area (Å²) in [5.41, 5.74) is 2.22. The normalized spacial score (nSPS) is 14.1. The standard InChI is InChI=1S/C20H18ClN7O/c1-28-10-15(8-25-28)26-19-23-9-16(21)17(27-19)13-2-4-14(5-3-13)18(29)24-12-20(11-22)6-7-20/h2-5,8-10H,6-7,12H2,1H3,(H,24,29)(H,23,26,27). The average molecular weight is 408 g/mol. The van der Waals surface area contributed by atoms with E-state index >= 15 is 0 Å². The summed E-state index contributed by atoms with van der Waals surface area (Å²) in [6.45, 7) is 0.380. The van der Waals surface area contributed by atoms with Crippen LogP contribution in [0.1, 0.15) is 23.2 Å². The van der Waals surface area contributed by atoms with Crippen LogP contribution in [0.2, 0.25) is 5.02 Å². The Labute approximate surface area is 172 Å². The van der Waals surface area contributed by atoms with Crippen molar-refractivity contribution in [3.63, 3.8) is 0 Å². The van der Waals surface area contributed by atoms with Gasteiger partial charge in [-0.1, -0.05) is 23.7 Å². The van der Waals surface area contributed by atoms with E-state index in [2.05, 4.69) is 31.8 Å². The molecule has 0 spiro atoms. The number of aryl methyl sites for hydroxylation is 1. The van der Waals surface area contributed by atoms with E-state index in [1.807, 2.05) is 13.2 Å². The number of hydrogen-bond donors (Lipinski definition) is 2. The van der Waals surface area contributed by atoms with Gasteiger partial charge in [-0.15, -0.1) is 0 Å². The lowest BCUT2D eigenvalue weighted by molar-refractivity contribution is 0.0948. The zero-order valence-electron chi connectivity index (χ0n) is 15.7. The van der Waals surface area contributed by atoms with E-state index in [0.29, 0.717) is 28.8 Å². The van der Waals surface area contributed by atoms with Gasteiger partial charge in [0.25, 0.3) is 5.91 Å². The third kappa shape index (κ3) is 4.20. The fourth-order valence-electron chi connectivity index (χ4n) is 2.85. The summed E-state index contributed by atoms with van der Waals surface area (Å²) >= 11 is 6.28. The van der Waals surface area contributed by atoms with Crippen LogP contribution in [0.15, 0.2) is 42.9 Å². The number of halogens is 1. The lowest BCUT2D eigenvalue weighted by atomic mass is 10.1. The highest BCUT2D eigenvalue weighted by atomic mass is 35.5. The van der Waals surface area contributed by atoms with Gasteiger partial charge in [0, 0.05) is 30.9 Å². The molecule has 1 aromatic carbocycles. The summed E-state index contributed by atoms with van der Waals surface area (Å²) in [7, 11) is 1.82. The molecular formula is C20H18ClN7O. The molecule has 0 aliphatic heterocycles. The summed E-state index contributed by atoms with van der Waals surface area (Å²) in [6, 6.07) is 9.26. The quantitative estimate of drug-likeness (QED) is 0.648. The molecule has 29 heavy (non-hydrogen) atoms. The molecular weight excluding hydrogens is 390 g/mol. The van der Waals surface area contributed by atoms with Crippen LogP contribution in [-0.2, 0) is 7.05 Å². The second-order valence-corrected chi connectivity index (χ2v) is 7.48. The van der Waals surface area contributed by atoms with Crippen LogP contribution in [0.25, 0.3) is 11.3 Å². The largest absolute Gasteiger partial charge is 0.350 e. The fraction of sp³-hybridized carbons (Fsp3) is 0.250. The monoisotopic (exact) mass is 407 g/mol. The van der Waals surface area contributed by atoms with Crippen LogP contribution in [0.3, 0.4) is 0 Å². The van der Waals surface area contributed by atoms with Gasteiger partial charge in [0.2, 0.25) is 5.95 Å². The van der Waals surface area contributed by atoms with Crippen molar-refractivity contribution in [3.8, 4) is 17.3 Å². The molecule has 4 rings (SSSR count). The molecule has 0 atom stereocenters. The second kappa shape index (κ2) is 7.53. The molecule has 3 aromatic rings. The summed E-state index contributed by atoms with van der Waals surface area (Å²) in [4.78, 5) is 21.0. The number of anilines is 2. The second-order valence-electron chi connectivity index (χ2n) is 7.07. The molecule has 1 amide bonds. The molecule has 0 saturated heterocycles. The molecule has 2 N–H and O–H groups in total. The summed E-state index contributed by atoms with van der Waals surface area (Å²) in [6.07, 6.45) is 6.68. The Bertz CT molecular complexity index is 1100. The van der Waals surface area contributed by atoms with Gasteiger partial charge in [-0.05, 0) is 25.0 Å². The van der Waals surface area contributed by atoms with Crippen molar-refractivity contribution in [1.82, 2.24) is 25.1 Å². The number of rotatable bonds is 6. The van der Waals surface area contributed by atoms with Crippen molar-refractivity contribution in [2.24, 2.45) is 12.5 Å². The molecule has 2 aromatic heterocycles. The predicted octanol–water partition coefficient (Wildman–Crippen LogP) is 3.31. The Morgan fingerprint density at radius 3 is 2.69 bits per heavy atom. The number of nitriles is 1. The first-order valence-corrected chi connectivity index (χ1v) is 9.44. The van der Waals surface area contributed by atoms with Gasteiger partial charge in [0.15, 0.2) is 0 Å². The van der Waals surface area contributed by atoms with E-state index in [1.54, 1.807) is 35.1 Å². The number of nitrogens with one attached hydrogen (secondary N) is 2. The molecule has 9 heteroatoms. The topological polar surface area (TPSA) is 109 Å². The van der Waals surface area contributed by atoms with E-state index in [9.17, 15) is 4.79 Å². The third-order valence-corrected chi connectivity index (χ3v) is 5.08. The minimum Gasteiger partial charge on any atom is -0.350 e. The molecule has 0 bridgehead atoms. The number of amides is 1. The highest BCUT2D eigenvalue weighted by molar-refractivity contribution is 6.32.